The van der Waals surface area contributed by atoms with E-state index in [4.69, 9.17) is 0 Å². The third kappa shape index (κ3) is 3.65. The maximum absolute atomic E-state index is 13.7. The van der Waals surface area contributed by atoms with Crippen molar-refractivity contribution in [2.45, 2.75) is 0 Å². The van der Waals surface area contributed by atoms with Crippen LogP contribution in [0.4, 0.5) is 28.9 Å². The zero-order chi connectivity index (χ0) is 18.8. The van der Waals surface area contributed by atoms with Gasteiger partial charge < -0.3 is 15.1 Å². The molecule has 1 amide bonds. The second-order valence-electron chi connectivity index (χ2n) is 6.14. The van der Waals surface area contributed by atoms with Crippen LogP contribution in [0.15, 0.2) is 30.3 Å². The summed E-state index contributed by atoms with van der Waals surface area (Å²) in [6, 6.07) is 7.15. The van der Waals surface area contributed by atoms with Crippen molar-refractivity contribution >= 4 is 17.3 Å². The van der Waals surface area contributed by atoms with Crippen LogP contribution >= 0.6 is 0 Å². The first-order chi connectivity index (χ1) is 12.4. The molecule has 1 aliphatic heterocycles. The molecule has 4 nitrogen and oxygen atoms in total. The van der Waals surface area contributed by atoms with E-state index < -0.39 is 34.7 Å². The molecular formula is C18H17F4N3O. The maximum atomic E-state index is 13.7. The molecule has 0 radical (unpaired) electrons. The number of nitrogens with zero attached hydrogens (tertiary/aromatic N) is 2. The molecule has 0 aliphatic carbocycles. The Kier molecular flexibility index (Phi) is 5.13. The molecule has 1 fully saturated rings. The summed E-state index contributed by atoms with van der Waals surface area (Å²) in [6.45, 7) is 3.64. The summed E-state index contributed by atoms with van der Waals surface area (Å²) in [7, 11) is 2.05. The molecule has 0 unspecified atom stereocenters. The zero-order valence-corrected chi connectivity index (χ0v) is 14.0. The third-order valence-electron chi connectivity index (χ3n) is 4.34. The van der Waals surface area contributed by atoms with Crippen LogP contribution in [0.5, 0.6) is 0 Å². The number of likely N-dealkylation sites (N-methyl/N-ethyl adjacent to an activating group) is 1. The molecule has 1 N–H and O–H groups in total. The number of carbonyl (C=O) groups excluding carboxylic acids is 1. The summed E-state index contributed by atoms with van der Waals surface area (Å²) < 4.78 is 53.2. The van der Waals surface area contributed by atoms with Crippen LogP contribution in [0.1, 0.15) is 10.4 Å². The second-order valence-corrected chi connectivity index (χ2v) is 6.14. The van der Waals surface area contributed by atoms with Crippen LogP contribution < -0.4 is 10.2 Å². The largest absolute Gasteiger partial charge is 0.369 e. The number of hydrogen-bond donors (Lipinski definition) is 1. The lowest BCUT2D eigenvalue weighted by molar-refractivity contribution is 0.102. The Bertz CT molecular complexity index is 818. The van der Waals surface area contributed by atoms with Crippen LogP contribution in [0, 0.1) is 23.3 Å². The molecule has 2 aromatic carbocycles. The van der Waals surface area contributed by atoms with Crippen molar-refractivity contribution in [3.8, 4) is 0 Å². The molecule has 8 heteroatoms. The summed E-state index contributed by atoms with van der Waals surface area (Å²) in [6.07, 6.45) is 0. The summed E-state index contributed by atoms with van der Waals surface area (Å²) in [5.74, 6) is -8.38. The van der Waals surface area contributed by atoms with Crippen molar-refractivity contribution in [2.75, 3.05) is 43.4 Å². The lowest BCUT2D eigenvalue weighted by Crippen LogP contribution is -2.44. The van der Waals surface area contributed by atoms with Gasteiger partial charge in [0.25, 0.3) is 5.91 Å². The van der Waals surface area contributed by atoms with Crippen molar-refractivity contribution in [2.24, 2.45) is 0 Å². The highest BCUT2D eigenvalue weighted by molar-refractivity contribution is 6.04. The minimum atomic E-state index is -2.01. The highest BCUT2D eigenvalue weighted by Gasteiger charge is 2.23. The first-order valence-corrected chi connectivity index (χ1v) is 8.04. The first kappa shape index (κ1) is 18.2. The Morgan fingerprint density at radius 1 is 0.923 bits per heavy atom. The number of rotatable bonds is 3. The normalized spacial score (nSPS) is 15.2. The maximum Gasteiger partial charge on any atom is 0.258 e. The van der Waals surface area contributed by atoms with Gasteiger partial charge in [-0.1, -0.05) is 0 Å². The van der Waals surface area contributed by atoms with Gasteiger partial charge in [-0.2, -0.15) is 0 Å². The molecule has 1 heterocycles. The number of benzene rings is 2. The summed E-state index contributed by atoms with van der Waals surface area (Å²) in [5, 5.41) is 2.35. The minimum Gasteiger partial charge on any atom is -0.369 e. The SMILES string of the molecule is CN1CCN(c2ccc(NC(=O)c3cc(F)c(F)c(F)c3F)cc2)CC1. The number of piperazine rings is 1. The topological polar surface area (TPSA) is 35.6 Å². The molecule has 0 atom stereocenters. The van der Waals surface area contributed by atoms with Crippen molar-refractivity contribution < 1.29 is 22.4 Å². The average molecular weight is 367 g/mol. The van der Waals surface area contributed by atoms with Crippen LogP contribution in [0.3, 0.4) is 0 Å². The molecule has 26 heavy (non-hydrogen) atoms. The van der Waals surface area contributed by atoms with Crippen LogP contribution in [-0.4, -0.2) is 44.0 Å². The summed E-state index contributed by atoms with van der Waals surface area (Å²) >= 11 is 0. The van der Waals surface area contributed by atoms with Gasteiger partial charge in [-0.15, -0.1) is 0 Å². The number of amides is 1. The van der Waals surface area contributed by atoms with E-state index in [1.165, 1.54) is 0 Å². The monoisotopic (exact) mass is 367 g/mol. The number of carbonyl (C=O) groups is 1. The van der Waals surface area contributed by atoms with Gasteiger partial charge in [0.05, 0.1) is 5.56 Å². The third-order valence-corrected chi connectivity index (χ3v) is 4.34. The number of anilines is 2. The van der Waals surface area contributed by atoms with E-state index in [0.717, 1.165) is 31.9 Å². The van der Waals surface area contributed by atoms with E-state index >= 15 is 0 Å². The summed E-state index contributed by atoms with van der Waals surface area (Å²) in [4.78, 5) is 16.5. The van der Waals surface area contributed by atoms with Gasteiger partial charge in [0.1, 0.15) is 0 Å². The zero-order valence-electron chi connectivity index (χ0n) is 14.0. The smallest absolute Gasteiger partial charge is 0.258 e. The fourth-order valence-corrected chi connectivity index (χ4v) is 2.76. The van der Waals surface area contributed by atoms with Crippen molar-refractivity contribution in [1.82, 2.24) is 4.90 Å². The molecule has 0 saturated carbocycles. The van der Waals surface area contributed by atoms with Crippen molar-refractivity contribution in [1.29, 1.82) is 0 Å². The molecule has 0 spiro atoms. The van der Waals surface area contributed by atoms with Gasteiger partial charge in [-0.05, 0) is 37.4 Å². The second kappa shape index (κ2) is 7.33. The lowest BCUT2D eigenvalue weighted by atomic mass is 10.1. The number of hydrogen-bond acceptors (Lipinski definition) is 3. The van der Waals surface area contributed by atoms with Crippen LogP contribution in [0.25, 0.3) is 0 Å². The van der Waals surface area contributed by atoms with Gasteiger partial charge in [-0.25, -0.2) is 17.6 Å². The predicted molar refractivity (Wildman–Crippen MR) is 90.4 cm³/mol. The molecule has 1 saturated heterocycles. The average Bonchev–Trinajstić information content (AvgIpc) is 2.64. The molecule has 0 aromatic heterocycles. The molecule has 3 rings (SSSR count). The van der Waals surface area contributed by atoms with Crippen molar-refractivity contribution in [3.63, 3.8) is 0 Å². The lowest BCUT2D eigenvalue weighted by Gasteiger charge is -2.34. The van der Waals surface area contributed by atoms with E-state index in [9.17, 15) is 22.4 Å². The van der Waals surface area contributed by atoms with Crippen molar-refractivity contribution in [3.05, 3.63) is 59.2 Å². The van der Waals surface area contributed by atoms with Gasteiger partial charge in [0, 0.05) is 37.6 Å². The molecule has 138 valence electrons. The van der Waals surface area contributed by atoms with Crippen LogP contribution in [0.2, 0.25) is 0 Å². The first-order valence-electron chi connectivity index (χ1n) is 8.04. The van der Waals surface area contributed by atoms with E-state index in [-0.39, 0.29) is 0 Å². The van der Waals surface area contributed by atoms with Gasteiger partial charge in [0.15, 0.2) is 23.3 Å². The van der Waals surface area contributed by atoms with E-state index in [1.807, 2.05) is 0 Å². The fourth-order valence-electron chi connectivity index (χ4n) is 2.76. The fraction of sp³-hybridized carbons (Fsp3) is 0.278. The summed E-state index contributed by atoms with van der Waals surface area (Å²) in [5.41, 5.74) is 0.406. The van der Waals surface area contributed by atoms with E-state index in [0.29, 0.717) is 11.8 Å². The van der Waals surface area contributed by atoms with Gasteiger partial charge >= 0.3 is 0 Å². The predicted octanol–water partition coefficient (Wildman–Crippen LogP) is 3.25. The Labute approximate surface area is 148 Å². The van der Waals surface area contributed by atoms with E-state index in [1.54, 1.807) is 24.3 Å². The highest BCUT2D eigenvalue weighted by atomic mass is 19.2. The van der Waals surface area contributed by atoms with Gasteiger partial charge in [-0.3, -0.25) is 4.79 Å². The van der Waals surface area contributed by atoms with E-state index in [2.05, 4.69) is 22.2 Å². The Balaban J connectivity index is 1.72. The molecular weight excluding hydrogens is 350 g/mol. The molecule has 1 aliphatic rings. The standard InChI is InChI=1S/C18H17F4N3O/c1-24-6-8-25(9-7-24)12-4-2-11(3-5-12)23-18(26)13-10-14(19)16(21)17(22)15(13)20/h2-5,10H,6-9H2,1H3,(H,23,26). The highest BCUT2D eigenvalue weighted by Crippen LogP contribution is 2.22. The quantitative estimate of drug-likeness (QED) is 0.514. The minimum absolute atomic E-state index is 0.331. The van der Waals surface area contributed by atoms with Crippen LogP contribution in [-0.2, 0) is 0 Å². The molecule has 2 aromatic rings. The Morgan fingerprint density at radius 2 is 1.54 bits per heavy atom. The Hall–Kier alpha value is -2.61. The Morgan fingerprint density at radius 3 is 2.15 bits per heavy atom. The van der Waals surface area contributed by atoms with Gasteiger partial charge in [0.2, 0.25) is 0 Å². The number of nitrogens with one attached hydrogen (secondary N) is 1. The molecule has 0 bridgehead atoms. The number of halogens is 4.